The van der Waals surface area contributed by atoms with Gasteiger partial charge < -0.3 is 37.9 Å². The maximum atomic E-state index is 14.1. The fourth-order valence-electron chi connectivity index (χ4n) is 8.10. The Morgan fingerprint density at radius 3 is 1.16 bits per heavy atom. The zero-order valence-corrected chi connectivity index (χ0v) is 41.8. The molecule has 378 valence electrons. The van der Waals surface area contributed by atoms with E-state index in [1.807, 2.05) is 106 Å². The van der Waals surface area contributed by atoms with E-state index in [0.717, 1.165) is 22.3 Å². The number of ether oxygens (including phenoxy) is 8. The van der Waals surface area contributed by atoms with Crippen molar-refractivity contribution in [2.45, 2.75) is 57.4 Å². The van der Waals surface area contributed by atoms with E-state index in [1.165, 1.54) is 0 Å². The Bertz CT molecular complexity index is 3190. The van der Waals surface area contributed by atoms with Crippen LogP contribution < -0.4 is 18.9 Å². The van der Waals surface area contributed by atoms with Gasteiger partial charge in [-0.3, -0.25) is 0 Å². The number of esters is 4. The fraction of sp³-hybridized carbons (Fsp3) is 0.175. The third-order valence-corrected chi connectivity index (χ3v) is 12.9. The van der Waals surface area contributed by atoms with Gasteiger partial charge in [-0.25, -0.2) is 19.2 Å². The highest BCUT2D eigenvalue weighted by Gasteiger charge is 2.46. The third-order valence-electron chi connectivity index (χ3n) is 12.9. The minimum absolute atomic E-state index is 0.126. The number of carbonyl (C=O) groups excluding carboxylic acids is 4. The SMILES string of the molecule is CCC(Oc1ccc(C(=O)Oc2ccc(-c3ccc(C(=O)OC(c4ccccc4)C(OC(=O)c4ccc(-c5ccc(OC(=O)c6ccc(OC)cc6)cc5)cc4)c4ccccc4)cc3)cc2)cc1)OC(C)C1(C)CO1. The Morgan fingerprint density at radius 2 is 0.800 bits per heavy atom. The molecule has 12 nitrogen and oxygen atoms in total. The molecule has 0 bridgehead atoms. The molecule has 75 heavy (non-hydrogen) atoms. The Morgan fingerprint density at radius 1 is 0.467 bits per heavy atom. The van der Waals surface area contributed by atoms with E-state index >= 15 is 0 Å². The quantitative estimate of drug-likeness (QED) is 0.0310. The molecule has 0 amide bonds. The Labute approximate surface area is 435 Å². The van der Waals surface area contributed by atoms with Gasteiger partial charge in [-0.15, -0.1) is 0 Å². The first-order valence-corrected chi connectivity index (χ1v) is 24.5. The highest BCUT2D eigenvalue weighted by atomic mass is 16.7. The summed E-state index contributed by atoms with van der Waals surface area (Å²) in [5.74, 6) is -0.302. The maximum absolute atomic E-state index is 14.1. The predicted octanol–water partition coefficient (Wildman–Crippen LogP) is 13.3. The van der Waals surface area contributed by atoms with Gasteiger partial charge in [-0.2, -0.15) is 0 Å². The van der Waals surface area contributed by atoms with Gasteiger partial charge in [0.05, 0.1) is 42.1 Å². The number of carbonyl (C=O) groups is 4. The summed E-state index contributed by atoms with van der Waals surface area (Å²) in [6.07, 6.45) is -2.01. The van der Waals surface area contributed by atoms with Gasteiger partial charge in [0.15, 0.2) is 18.5 Å². The summed E-state index contributed by atoms with van der Waals surface area (Å²) >= 11 is 0. The van der Waals surface area contributed by atoms with Crippen LogP contribution in [0, 0.1) is 0 Å². The summed E-state index contributed by atoms with van der Waals surface area (Å²) in [5, 5.41) is 0. The summed E-state index contributed by atoms with van der Waals surface area (Å²) < 4.78 is 46.6. The van der Waals surface area contributed by atoms with E-state index in [-0.39, 0.29) is 22.8 Å². The largest absolute Gasteiger partial charge is 0.497 e. The summed E-state index contributed by atoms with van der Waals surface area (Å²) in [6, 6.07) is 59.7. The number of hydrogen-bond acceptors (Lipinski definition) is 12. The van der Waals surface area contributed by atoms with Crippen molar-refractivity contribution in [3.05, 3.63) is 240 Å². The fourth-order valence-corrected chi connectivity index (χ4v) is 8.10. The average molecular weight is 1000 g/mol. The van der Waals surface area contributed by atoms with Crippen LogP contribution in [0.2, 0.25) is 0 Å². The van der Waals surface area contributed by atoms with Crippen LogP contribution in [-0.4, -0.2) is 55.6 Å². The minimum atomic E-state index is -1.03. The molecule has 5 atom stereocenters. The van der Waals surface area contributed by atoms with Gasteiger partial charge in [-0.05, 0) is 144 Å². The lowest BCUT2D eigenvalue weighted by Crippen LogP contribution is -2.33. The lowest BCUT2D eigenvalue weighted by molar-refractivity contribution is -0.133. The molecule has 12 heteroatoms. The molecule has 0 radical (unpaired) electrons. The summed E-state index contributed by atoms with van der Waals surface area (Å²) in [4.78, 5) is 53.8. The molecule has 0 N–H and O–H groups in total. The second-order valence-corrected chi connectivity index (χ2v) is 18.0. The van der Waals surface area contributed by atoms with E-state index in [4.69, 9.17) is 37.9 Å². The van der Waals surface area contributed by atoms with Gasteiger partial charge in [0.25, 0.3) is 0 Å². The molecule has 1 heterocycles. The van der Waals surface area contributed by atoms with E-state index in [1.54, 1.807) is 128 Å². The van der Waals surface area contributed by atoms with Crippen molar-refractivity contribution in [1.82, 2.24) is 0 Å². The Hall–Kier alpha value is -8.84. The molecular weight excluding hydrogens is 949 g/mol. The van der Waals surface area contributed by atoms with Crippen LogP contribution in [0.5, 0.6) is 23.0 Å². The molecule has 0 aliphatic carbocycles. The lowest BCUT2D eigenvalue weighted by Gasteiger charge is -2.28. The summed E-state index contributed by atoms with van der Waals surface area (Å²) in [5.41, 5.74) is 5.59. The monoisotopic (exact) mass is 1000 g/mol. The third kappa shape index (κ3) is 12.9. The van der Waals surface area contributed by atoms with Crippen molar-refractivity contribution >= 4 is 23.9 Å². The molecule has 1 aliphatic rings. The second kappa shape index (κ2) is 23.4. The topological polar surface area (TPSA) is 145 Å². The van der Waals surface area contributed by atoms with Crippen LogP contribution in [-0.2, 0) is 18.9 Å². The van der Waals surface area contributed by atoms with Crippen LogP contribution in [0.4, 0.5) is 0 Å². The van der Waals surface area contributed by atoms with Gasteiger partial charge in [0.1, 0.15) is 28.6 Å². The molecule has 5 unspecified atom stereocenters. The molecule has 8 aromatic carbocycles. The smallest absolute Gasteiger partial charge is 0.343 e. The Balaban J connectivity index is 0.833. The molecule has 1 fully saturated rings. The van der Waals surface area contributed by atoms with Gasteiger partial charge in [0.2, 0.25) is 0 Å². The normalized spacial score (nSPS) is 15.3. The van der Waals surface area contributed by atoms with Crippen LogP contribution in [0.1, 0.15) is 92.0 Å². The van der Waals surface area contributed by atoms with Crippen molar-refractivity contribution in [2.75, 3.05) is 13.7 Å². The molecular formula is C63H54O12. The van der Waals surface area contributed by atoms with Crippen LogP contribution >= 0.6 is 0 Å². The predicted molar refractivity (Wildman–Crippen MR) is 282 cm³/mol. The number of methoxy groups -OCH3 is 1. The van der Waals surface area contributed by atoms with E-state index in [2.05, 4.69) is 0 Å². The molecule has 0 aromatic heterocycles. The zero-order chi connectivity index (χ0) is 52.3. The van der Waals surface area contributed by atoms with Crippen LogP contribution in [0.15, 0.2) is 206 Å². The van der Waals surface area contributed by atoms with Gasteiger partial charge >= 0.3 is 23.9 Å². The highest BCUT2D eigenvalue weighted by molar-refractivity contribution is 5.93. The number of epoxide rings is 1. The van der Waals surface area contributed by atoms with Crippen LogP contribution in [0.3, 0.4) is 0 Å². The maximum Gasteiger partial charge on any atom is 0.343 e. The summed E-state index contributed by atoms with van der Waals surface area (Å²) in [6.45, 7) is 6.61. The van der Waals surface area contributed by atoms with Crippen molar-refractivity contribution in [1.29, 1.82) is 0 Å². The summed E-state index contributed by atoms with van der Waals surface area (Å²) in [7, 11) is 1.56. The average Bonchev–Trinajstić information content (AvgIpc) is 4.23. The van der Waals surface area contributed by atoms with Crippen LogP contribution in [0.25, 0.3) is 22.3 Å². The van der Waals surface area contributed by atoms with Gasteiger partial charge in [0, 0.05) is 6.42 Å². The van der Waals surface area contributed by atoms with Crippen molar-refractivity contribution in [3.63, 3.8) is 0 Å². The second-order valence-electron chi connectivity index (χ2n) is 18.0. The first-order valence-electron chi connectivity index (χ1n) is 24.5. The van der Waals surface area contributed by atoms with Crippen molar-refractivity contribution < 1.29 is 57.1 Å². The number of benzene rings is 8. The first-order chi connectivity index (χ1) is 36.4. The molecule has 9 rings (SSSR count). The number of hydrogen-bond donors (Lipinski definition) is 0. The van der Waals surface area contributed by atoms with Crippen molar-refractivity contribution in [3.8, 4) is 45.3 Å². The molecule has 8 aromatic rings. The highest BCUT2D eigenvalue weighted by Crippen LogP contribution is 2.38. The van der Waals surface area contributed by atoms with E-state index < -0.39 is 42.4 Å². The van der Waals surface area contributed by atoms with E-state index in [9.17, 15) is 19.2 Å². The molecule has 0 spiro atoms. The molecule has 0 saturated carbocycles. The first kappa shape index (κ1) is 51.1. The van der Waals surface area contributed by atoms with Gasteiger partial charge in [-0.1, -0.05) is 116 Å². The molecule has 1 saturated heterocycles. The standard InChI is InChI=1S/C63H54O12/c1-5-56(70-41(2)63(3)40-69-63)71-53-38-30-51(31-39-53)60(65)73-55-36-26-45(27-37-55)43-18-22-49(23-19-43)62(67)75-58(47-14-10-7-11-15-47)57(46-12-8-6-9-13-46)74-61(66)48-20-16-42(17-21-48)44-24-34-54(35-25-44)72-59(64)50-28-32-52(68-4)33-29-50/h6-39,41,56-58H,5,40H2,1-4H3. The van der Waals surface area contributed by atoms with Crippen molar-refractivity contribution in [2.24, 2.45) is 0 Å². The van der Waals surface area contributed by atoms with E-state index in [0.29, 0.717) is 58.3 Å². The zero-order valence-electron chi connectivity index (χ0n) is 41.8. The Kier molecular flexibility index (Phi) is 15.9. The minimum Gasteiger partial charge on any atom is -0.497 e. The lowest BCUT2D eigenvalue weighted by atomic mass is 9.97. The molecule has 1 aliphatic heterocycles. The number of rotatable bonds is 20.